The van der Waals surface area contributed by atoms with Crippen LogP contribution in [0.3, 0.4) is 0 Å². The van der Waals surface area contributed by atoms with E-state index in [9.17, 15) is 23.9 Å². The molecule has 10 nitrogen and oxygen atoms in total. The molecular formula is C24H26FN5O5. The van der Waals surface area contributed by atoms with Crippen molar-refractivity contribution in [2.45, 2.75) is 13.0 Å². The summed E-state index contributed by atoms with van der Waals surface area (Å²) >= 11 is 0. The Balaban J connectivity index is 1.75. The van der Waals surface area contributed by atoms with E-state index in [0.29, 0.717) is 25.0 Å². The molecule has 0 unspecified atom stereocenters. The van der Waals surface area contributed by atoms with Gasteiger partial charge in [-0.05, 0) is 35.7 Å². The molecule has 3 N–H and O–H groups in total. The van der Waals surface area contributed by atoms with Crippen molar-refractivity contribution in [3.63, 3.8) is 0 Å². The lowest BCUT2D eigenvalue weighted by atomic mass is 10.1. The molecule has 11 heteroatoms. The number of methoxy groups -OCH3 is 1. The molecule has 3 aromatic rings. The fourth-order valence-electron chi connectivity index (χ4n) is 4.01. The van der Waals surface area contributed by atoms with Crippen molar-refractivity contribution in [2.24, 2.45) is 0 Å². The van der Waals surface area contributed by atoms with Crippen LogP contribution in [0.15, 0.2) is 41.3 Å². The highest BCUT2D eigenvalue weighted by atomic mass is 19.1. The summed E-state index contributed by atoms with van der Waals surface area (Å²) < 4.78 is 19.5. The molecule has 0 radical (unpaired) electrons. The molecule has 0 atom stereocenters. The first-order valence-corrected chi connectivity index (χ1v) is 11.2. The average molecular weight is 484 g/mol. The summed E-state index contributed by atoms with van der Waals surface area (Å²) in [5.74, 6) is -1.59. The van der Waals surface area contributed by atoms with Crippen molar-refractivity contribution in [1.29, 1.82) is 0 Å². The van der Waals surface area contributed by atoms with Crippen LogP contribution in [0.4, 0.5) is 9.18 Å². The van der Waals surface area contributed by atoms with E-state index in [0.717, 1.165) is 11.1 Å². The highest BCUT2D eigenvalue weighted by molar-refractivity contribution is 6.01. The predicted octanol–water partition coefficient (Wildman–Crippen LogP) is 1.23. The molecule has 2 aromatic heterocycles. The second-order valence-electron chi connectivity index (χ2n) is 8.16. The molecule has 1 aliphatic heterocycles. The molecule has 35 heavy (non-hydrogen) atoms. The van der Waals surface area contributed by atoms with Crippen LogP contribution in [0.5, 0.6) is 5.75 Å². The number of nitrogens with one attached hydrogen (secondary N) is 2. The van der Waals surface area contributed by atoms with Crippen LogP contribution >= 0.6 is 0 Å². The lowest BCUT2D eigenvalue weighted by Gasteiger charge is -2.18. The van der Waals surface area contributed by atoms with Crippen LogP contribution in [0.1, 0.15) is 21.5 Å². The Bertz CT molecular complexity index is 1310. The molecule has 4 rings (SSSR count). The fourth-order valence-corrected chi connectivity index (χ4v) is 4.01. The number of carbonyl (C=O) groups excluding carboxylic acids is 2. The zero-order valence-electron chi connectivity index (χ0n) is 19.2. The minimum atomic E-state index is -0.740. The summed E-state index contributed by atoms with van der Waals surface area (Å²) in [5, 5.41) is 16.1. The number of amides is 3. The molecule has 1 aliphatic rings. The number of halogens is 1. The maximum Gasteiger partial charge on any atom is 0.317 e. The number of hydrogen-bond donors (Lipinski definition) is 3. The molecule has 1 fully saturated rings. The van der Waals surface area contributed by atoms with Crippen LogP contribution in [0.25, 0.3) is 11.0 Å². The van der Waals surface area contributed by atoms with E-state index in [2.05, 4.69) is 15.6 Å². The molecule has 0 saturated carbocycles. The number of aromatic hydroxyl groups is 1. The number of ether oxygens (including phenoxy) is 1. The molecular weight excluding hydrogens is 457 g/mol. The third-order valence-corrected chi connectivity index (χ3v) is 5.81. The Kier molecular flexibility index (Phi) is 7.25. The average Bonchev–Trinajstić information content (AvgIpc) is 3.25. The zero-order chi connectivity index (χ0) is 24.9. The van der Waals surface area contributed by atoms with Crippen molar-refractivity contribution in [1.82, 2.24) is 25.1 Å². The van der Waals surface area contributed by atoms with E-state index >= 15 is 0 Å². The predicted molar refractivity (Wildman–Crippen MR) is 126 cm³/mol. The van der Waals surface area contributed by atoms with Gasteiger partial charge in [-0.15, -0.1) is 0 Å². The quantitative estimate of drug-likeness (QED) is 0.393. The van der Waals surface area contributed by atoms with E-state index < -0.39 is 22.8 Å². The van der Waals surface area contributed by atoms with E-state index in [1.807, 2.05) is 0 Å². The number of hydrogen-bond acceptors (Lipinski definition) is 6. The Morgan fingerprint density at radius 2 is 2.00 bits per heavy atom. The summed E-state index contributed by atoms with van der Waals surface area (Å²) in [6.07, 6.45) is 1.96. The number of fused-ring (bicyclic) bond motifs is 1. The van der Waals surface area contributed by atoms with Gasteiger partial charge in [0.1, 0.15) is 16.9 Å². The Hall–Kier alpha value is -3.99. The lowest BCUT2D eigenvalue weighted by Crippen LogP contribution is -2.37. The first-order valence-electron chi connectivity index (χ1n) is 11.2. The smallest absolute Gasteiger partial charge is 0.317 e. The number of rotatable bonds is 9. The Morgan fingerprint density at radius 3 is 2.69 bits per heavy atom. The number of aromatic nitrogens is 2. The van der Waals surface area contributed by atoms with Gasteiger partial charge in [-0.3, -0.25) is 14.6 Å². The standard InChI is InChI=1S/C24H26FN5O5/c1-35-11-7-26-22(32)19-21(31)20-18(30(23(19)33)10-9-29-8-6-27-24(29)34)13-16(14-28-20)12-15-2-4-17(25)5-3-15/h2-5,13-14,31H,6-12H2,1H3,(H,26,32)(H,27,34). The molecule has 1 saturated heterocycles. The number of nitrogens with zero attached hydrogens (tertiary/aromatic N) is 3. The molecule has 0 bridgehead atoms. The molecule has 0 aliphatic carbocycles. The normalized spacial score (nSPS) is 13.3. The van der Waals surface area contributed by atoms with Gasteiger partial charge in [-0.2, -0.15) is 0 Å². The maximum atomic E-state index is 13.4. The fraction of sp³-hybridized carbons (Fsp3) is 0.333. The maximum absolute atomic E-state index is 13.4. The first kappa shape index (κ1) is 24.1. The number of carbonyl (C=O) groups is 2. The first-order chi connectivity index (χ1) is 16.9. The minimum Gasteiger partial charge on any atom is -0.505 e. The Labute approximate surface area is 200 Å². The van der Waals surface area contributed by atoms with Crippen molar-refractivity contribution in [3.05, 3.63) is 69.4 Å². The second kappa shape index (κ2) is 10.5. The van der Waals surface area contributed by atoms with Crippen molar-refractivity contribution < 1.29 is 23.8 Å². The van der Waals surface area contributed by atoms with E-state index in [1.165, 1.54) is 23.8 Å². The summed E-state index contributed by atoms with van der Waals surface area (Å²) in [7, 11) is 1.48. The summed E-state index contributed by atoms with van der Waals surface area (Å²) in [6.45, 7) is 1.75. The minimum absolute atomic E-state index is 0.0928. The van der Waals surface area contributed by atoms with E-state index in [4.69, 9.17) is 4.74 Å². The van der Waals surface area contributed by atoms with Gasteiger partial charge in [-0.1, -0.05) is 12.1 Å². The zero-order valence-corrected chi connectivity index (χ0v) is 19.2. The highest BCUT2D eigenvalue weighted by Gasteiger charge is 2.25. The summed E-state index contributed by atoms with van der Waals surface area (Å²) in [5.41, 5.74) is 0.889. The summed E-state index contributed by atoms with van der Waals surface area (Å²) in [4.78, 5) is 44.0. The third kappa shape index (κ3) is 5.24. The Morgan fingerprint density at radius 1 is 1.23 bits per heavy atom. The topological polar surface area (TPSA) is 126 Å². The monoisotopic (exact) mass is 483 g/mol. The van der Waals surface area contributed by atoms with Crippen LogP contribution in [0, 0.1) is 5.82 Å². The van der Waals surface area contributed by atoms with Gasteiger partial charge in [-0.25, -0.2) is 9.18 Å². The van der Waals surface area contributed by atoms with Gasteiger partial charge in [0.05, 0.1) is 12.1 Å². The van der Waals surface area contributed by atoms with Gasteiger partial charge in [0.2, 0.25) is 0 Å². The number of benzene rings is 1. The lowest BCUT2D eigenvalue weighted by molar-refractivity contribution is 0.0932. The molecule has 3 heterocycles. The van der Waals surface area contributed by atoms with Crippen LogP contribution < -0.4 is 16.2 Å². The number of pyridine rings is 2. The van der Waals surface area contributed by atoms with Gasteiger partial charge in [0.15, 0.2) is 5.75 Å². The van der Waals surface area contributed by atoms with Crippen LogP contribution in [-0.2, 0) is 17.7 Å². The molecule has 184 valence electrons. The van der Waals surface area contributed by atoms with Crippen molar-refractivity contribution in [3.8, 4) is 5.75 Å². The van der Waals surface area contributed by atoms with Gasteiger partial charge in [0.25, 0.3) is 11.5 Å². The highest BCUT2D eigenvalue weighted by Crippen LogP contribution is 2.26. The third-order valence-electron chi connectivity index (χ3n) is 5.81. The molecule has 0 spiro atoms. The van der Waals surface area contributed by atoms with E-state index in [1.54, 1.807) is 29.3 Å². The van der Waals surface area contributed by atoms with Crippen LogP contribution in [0.2, 0.25) is 0 Å². The molecule has 3 amide bonds. The summed E-state index contributed by atoms with van der Waals surface area (Å²) in [6, 6.07) is 7.52. The van der Waals surface area contributed by atoms with Crippen molar-refractivity contribution in [2.75, 3.05) is 39.9 Å². The van der Waals surface area contributed by atoms with Gasteiger partial charge >= 0.3 is 6.03 Å². The van der Waals surface area contributed by atoms with Gasteiger partial charge in [0, 0.05) is 46.0 Å². The van der Waals surface area contributed by atoms with Gasteiger partial charge < -0.3 is 29.9 Å². The second-order valence-corrected chi connectivity index (χ2v) is 8.16. The SMILES string of the molecule is COCCNC(=O)c1c(O)c2ncc(Cc3ccc(F)cc3)cc2n(CCN2CCNC2=O)c1=O. The molecule has 1 aromatic carbocycles. The van der Waals surface area contributed by atoms with E-state index in [-0.39, 0.29) is 43.6 Å². The van der Waals surface area contributed by atoms with Crippen LogP contribution in [-0.4, -0.2) is 71.4 Å². The largest absolute Gasteiger partial charge is 0.505 e. The number of urea groups is 1. The van der Waals surface area contributed by atoms with Crippen molar-refractivity contribution >= 4 is 23.0 Å².